The summed E-state index contributed by atoms with van der Waals surface area (Å²) in [5, 5.41) is 3.47. The number of benzene rings is 1. The van der Waals surface area contributed by atoms with Crippen molar-refractivity contribution in [2.45, 2.75) is 26.4 Å². The lowest BCUT2D eigenvalue weighted by Crippen LogP contribution is -2.22. The summed E-state index contributed by atoms with van der Waals surface area (Å²) in [6, 6.07) is 11.7. The Morgan fingerprint density at radius 2 is 2.20 bits per heavy atom. The number of aryl methyl sites for hydroxylation is 1. The highest BCUT2D eigenvalue weighted by atomic mass is 32.1. The summed E-state index contributed by atoms with van der Waals surface area (Å²) in [4.78, 5) is 19.8. The molecule has 3 rings (SSSR count). The van der Waals surface area contributed by atoms with Gasteiger partial charge in [-0.2, -0.15) is 0 Å². The number of thiazole rings is 1. The molecule has 0 radical (unpaired) electrons. The second-order valence-electron chi connectivity index (χ2n) is 6.04. The lowest BCUT2D eigenvalue weighted by atomic mass is 10.1. The molecule has 0 spiro atoms. The Morgan fingerprint density at radius 1 is 1.36 bits per heavy atom. The fourth-order valence-corrected chi connectivity index (χ4v) is 3.22. The van der Waals surface area contributed by atoms with E-state index in [0.29, 0.717) is 10.7 Å². The van der Waals surface area contributed by atoms with Gasteiger partial charge in [0.1, 0.15) is 5.76 Å². The molecule has 0 saturated heterocycles. The Kier molecular flexibility index (Phi) is 5.31. The van der Waals surface area contributed by atoms with Crippen LogP contribution in [-0.2, 0) is 6.54 Å². The van der Waals surface area contributed by atoms with Gasteiger partial charge in [-0.3, -0.25) is 15.0 Å². The standard InChI is InChI=1S/C19H21N3O2S/c1-13-11-20-19(25-13)21-18(23)16-7-4-6-15(10-16)12-22(3)14(2)17-8-5-9-24-17/h4-11,14H,12H2,1-3H3,(H,20,21,23)/t14-/m0/s1. The van der Waals surface area contributed by atoms with Gasteiger partial charge in [0, 0.05) is 23.2 Å². The summed E-state index contributed by atoms with van der Waals surface area (Å²) in [7, 11) is 2.04. The number of nitrogens with one attached hydrogen (secondary N) is 1. The van der Waals surface area contributed by atoms with Crippen molar-refractivity contribution in [2.75, 3.05) is 12.4 Å². The number of carbonyl (C=O) groups excluding carboxylic acids is 1. The third kappa shape index (κ3) is 4.35. The molecule has 130 valence electrons. The summed E-state index contributed by atoms with van der Waals surface area (Å²) in [5.74, 6) is 0.786. The van der Waals surface area contributed by atoms with Gasteiger partial charge < -0.3 is 4.42 Å². The fraction of sp³-hybridized carbons (Fsp3) is 0.263. The van der Waals surface area contributed by atoms with Gasteiger partial charge in [-0.05, 0) is 50.7 Å². The Bertz CT molecular complexity index is 842. The second kappa shape index (κ2) is 7.63. The first-order valence-electron chi connectivity index (χ1n) is 8.09. The molecule has 2 aromatic heterocycles. The molecule has 0 aliphatic carbocycles. The molecule has 0 fully saturated rings. The molecule has 0 saturated carbocycles. The molecule has 0 bridgehead atoms. The Labute approximate surface area is 151 Å². The highest BCUT2D eigenvalue weighted by molar-refractivity contribution is 7.15. The van der Waals surface area contributed by atoms with Gasteiger partial charge in [0.25, 0.3) is 5.91 Å². The van der Waals surface area contributed by atoms with Crippen LogP contribution in [0.1, 0.15) is 39.5 Å². The monoisotopic (exact) mass is 355 g/mol. The van der Waals surface area contributed by atoms with Crippen molar-refractivity contribution >= 4 is 22.4 Å². The number of furan rings is 1. The molecule has 3 aromatic rings. The van der Waals surface area contributed by atoms with Gasteiger partial charge in [-0.1, -0.05) is 12.1 Å². The van der Waals surface area contributed by atoms with Gasteiger partial charge in [0.15, 0.2) is 5.13 Å². The van der Waals surface area contributed by atoms with Crippen molar-refractivity contribution in [1.29, 1.82) is 0 Å². The van der Waals surface area contributed by atoms with Gasteiger partial charge in [-0.25, -0.2) is 4.98 Å². The molecule has 0 aliphatic rings. The molecule has 1 atom stereocenters. The number of nitrogens with zero attached hydrogens (tertiary/aromatic N) is 2. The predicted octanol–water partition coefficient (Wildman–Crippen LogP) is 4.49. The van der Waals surface area contributed by atoms with Gasteiger partial charge in [-0.15, -0.1) is 11.3 Å². The molecule has 0 aliphatic heterocycles. The highest BCUT2D eigenvalue weighted by Crippen LogP contribution is 2.22. The summed E-state index contributed by atoms with van der Waals surface area (Å²) in [5.41, 5.74) is 1.70. The van der Waals surface area contributed by atoms with Crippen LogP contribution in [0, 0.1) is 6.92 Å². The zero-order chi connectivity index (χ0) is 17.8. The first-order valence-corrected chi connectivity index (χ1v) is 8.91. The number of amides is 1. The van der Waals surface area contributed by atoms with Crippen LogP contribution in [0.5, 0.6) is 0 Å². The normalized spacial score (nSPS) is 12.3. The van der Waals surface area contributed by atoms with Crippen LogP contribution in [0.3, 0.4) is 0 Å². The minimum atomic E-state index is -0.141. The number of carbonyl (C=O) groups is 1. The molecule has 1 N–H and O–H groups in total. The fourth-order valence-electron chi connectivity index (χ4n) is 2.56. The summed E-state index contributed by atoms with van der Waals surface area (Å²) in [6.07, 6.45) is 3.44. The number of hydrogen-bond acceptors (Lipinski definition) is 5. The SMILES string of the molecule is Cc1cnc(NC(=O)c2cccc(CN(C)[C@@H](C)c3ccco3)c2)s1. The third-order valence-corrected chi connectivity index (χ3v) is 4.91. The minimum Gasteiger partial charge on any atom is -0.468 e. The lowest BCUT2D eigenvalue weighted by Gasteiger charge is -2.23. The molecule has 2 heterocycles. The molecule has 1 amide bonds. The third-order valence-electron chi connectivity index (χ3n) is 4.08. The maximum atomic E-state index is 12.4. The molecular weight excluding hydrogens is 334 g/mol. The van der Waals surface area contributed by atoms with Crippen LogP contribution in [0.15, 0.2) is 53.3 Å². The van der Waals surface area contributed by atoms with E-state index in [0.717, 1.165) is 22.7 Å². The van der Waals surface area contributed by atoms with Crippen molar-refractivity contribution < 1.29 is 9.21 Å². The Balaban J connectivity index is 1.67. The average Bonchev–Trinajstić information content (AvgIpc) is 3.26. The number of anilines is 1. The smallest absolute Gasteiger partial charge is 0.257 e. The van der Waals surface area contributed by atoms with Crippen molar-refractivity contribution in [3.05, 3.63) is 70.6 Å². The van der Waals surface area contributed by atoms with Crippen LogP contribution in [0.2, 0.25) is 0 Å². The van der Waals surface area contributed by atoms with E-state index in [2.05, 4.69) is 22.1 Å². The van der Waals surface area contributed by atoms with Gasteiger partial charge >= 0.3 is 0 Å². The number of rotatable bonds is 6. The zero-order valence-corrected chi connectivity index (χ0v) is 15.3. The van der Waals surface area contributed by atoms with E-state index in [1.165, 1.54) is 11.3 Å². The largest absolute Gasteiger partial charge is 0.468 e. The highest BCUT2D eigenvalue weighted by Gasteiger charge is 2.15. The first-order chi connectivity index (χ1) is 12.0. The van der Waals surface area contributed by atoms with E-state index >= 15 is 0 Å². The molecule has 5 nitrogen and oxygen atoms in total. The van der Waals surface area contributed by atoms with E-state index in [1.54, 1.807) is 12.5 Å². The van der Waals surface area contributed by atoms with Crippen molar-refractivity contribution in [1.82, 2.24) is 9.88 Å². The topological polar surface area (TPSA) is 58.4 Å². The van der Waals surface area contributed by atoms with E-state index < -0.39 is 0 Å². The van der Waals surface area contributed by atoms with Crippen molar-refractivity contribution in [2.24, 2.45) is 0 Å². The molecule has 6 heteroatoms. The van der Waals surface area contributed by atoms with Crippen molar-refractivity contribution in [3.8, 4) is 0 Å². The van der Waals surface area contributed by atoms with Crippen molar-refractivity contribution in [3.63, 3.8) is 0 Å². The maximum absolute atomic E-state index is 12.4. The summed E-state index contributed by atoms with van der Waals surface area (Å²) in [6.45, 7) is 4.78. The minimum absolute atomic E-state index is 0.141. The van der Waals surface area contributed by atoms with Gasteiger partial charge in [0.2, 0.25) is 0 Å². The Hall–Kier alpha value is -2.44. The average molecular weight is 355 g/mol. The molecular formula is C19H21N3O2S. The van der Waals surface area contributed by atoms with Gasteiger partial charge in [0.05, 0.1) is 12.3 Å². The molecule has 25 heavy (non-hydrogen) atoms. The predicted molar refractivity (Wildman–Crippen MR) is 99.8 cm³/mol. The van der Waals surface area contributed by atoms with Crippen LogP contribution < -0.4 is 5.32 Å². The lowest BCUT2D eigenvalue weighted by molar-refractivity contribution is 0.102. The van der Waals surface area contributed by atoms with Crippen LogP contribution in [-0.4, -0.2) is 22.8 Å². The summed E-state index contributed by atoms with van der Waals surface area (Å²) >= 11 is 1.47. The van der Waals surface area contributed by atoms with E-state index in [1.807, 2.05) is 50.4 Å². The van der Waals surface area contributed by atoms with Crippen LogP contribution in [0.25, 0.3) is 0 Å². The zero-order valence-electron chi connectivity index (χ0n) is 14.5. The quantitative estimate of drug-likeness (QED) is 0.708. The maximum Gasteiger partial charge on any atom is 0.257 e. The summed E-state index contributed by atoms with van der Waals surface area (Å²) < 4.78 is 5.47. The second-order valence-corrected chi connectivity index (χ2v) is 7.27. The molecule has 0 unspecified atom stereocenters. The number of aromatic nitrogens is 1. The molecule has 1 aromatic carbocycles. The van der Waals surface area contributed by atoms with E-state index in [4.69, 9.17) is 4.42 Å². The first kappa shape index (κ1) is 17.4. The van der Waals surface area contributed by atoms with Crippen LogP contribution in [0.4, 0.5) is 5.13 Å². The van der Waals surface area contributed by atoms with E-state index in [-0.39, 0.29) is 11.9 Å². The van der Waals surface area contributed by atoms with E-state index in [9.17, 15) is 4.79 Å². The van der Waals surface area contributed by atoms with Crippen LogP contribution >= 0.6 is 11.3 Å². The Morgan fingerprint density at radius 3 is 2.88 bits per heavy atom. The number of hydrogen-bond donors (Lipinski definition) is 1.